The zero-order valence-corrected chi connectivity index (χ0v) is 17.5. The molecule has 0 saturated carbocycles. The van der Waals surface area contributed by atoms with Crippen LogP contribution in [0.3, 0.4) is 0 Å². The molecule has 0 N–H and O–H groups in total. The van der Waals surface area contributed by atoms with E-state index in [1.165, 1.54) is 16.9 Å². The summed E-state index contributed by atoms with van der Waals surface area (Å²) in [4.78, 5) is 20.1. The van der Waals surface area contributed by atoms with Gasteiger partial charge in [-0.25, -0.2) is 4.98 Å². The summed E-state index contributed by atoms with van der Waals surface area (Å²) in [7, 11) is 1.63. The Morgan fingerprint density at radius 2 is 1.93 bits per heavy atom. The third-order valence-corrected chi connectivity index (χ3v) is 6.02. The summed E-state index contributed by atoms with van der Waals surface area (Å²) in [6.45, 7) is 2.07. The number of hydrogen-bond donors (Lipinski definition) is 0. The van der Waals surface area contributed by atoms with Crippen LogP contribution in [0, 0.1) is 12.8 Å². The quantitative estimate of drug-likeness (QED) is 0.479. The van der Waals surface area contributed by atoms with Gasteiger partial charge in [0.15, 0.2) is 5.13 Å². The molecule has 29 heavy (non-hydrogen) atoms. The first-order chi connectivity index (χ1) is 14.2. The molecular formula is C24H24N2O2S. The van der Waals surface area contributed by atoms with Crippen molar-refractivity contribution < 1.29 is 9.53 Å². The standard InChI is InChI=1S/C24H24N2O2S/c1-17-12-14-18(15-13-17)20-16-29-24(25-20)26(21-10-6-7-11-22(21)28-2)23(27)19-8-4-3-5-9-19/h3-4,6-7,10-16,19H,5,8-9H2,1-2H3/t19-/m0/s1. The number of aromatic nitrogens is 1. The third-order valence-electron chi connectivity index (χ3n) is 5.20. The van der Waals surface area contributed by atoms with Crippen molar-refractivity contribution in [3.05, 3.63) is 71.6 Å². The average Bonchev–Trinajstić information content (AvgIpc) is 3.25. The van der Waals surface area contributed by atoms with Gasteiger partial charge in [0.2, 0.25) is 5.91 Å². The van der Waals surface area contributed by atoms with E-state index in [0.29, 0.717) is 10.9 Å². The maximum atomic E-state index is 13.6. The molecule has 0 aliphatic heterocycles. The van der Waals surface area contributed by atoms with Crippen molar-refractivity contribution in [3.8, 4) is 17.0 Å². The lowest BCUT2D eigenvalue weighted by Crippen LogP contribution is -2.33. The first-order valence-corrected chi connectivity index (χ1v) is 10.7. The van der Waals surface area contributed by atoms with Crippen LogP contribution >= 0.6 is 11.3 Å². The van der Waals surface area contributed by atoms with Gasteiger partial charge in [-0.1, -0.05) is 54.1 Å². The molecule has 2 aromatic carbocycles. The zero-order chi connectivity index (χ0) is 20.2. The molecule has 0 spiro atoms. The number of para-hydroxylation sites is 2. The molecule has 1 aliphatic carbocycles. The van der Waals surface area contributed by atoms with Gasteiger partial charge < -0.3 is 4.74 Å². The van der Waals surface area contributed by atoms with Crippen LogP contribution in [0.5, 0.6) is 5.75 Å². The van der Waals surface area contributed by atoms with E-state index in [1.54, 1.807) is 12.0 Å². The van der Waals surface area contributed by atoms with Crippen molar-refractivity contribution in [2.24, 2.45) is 5.92 Å². The van der Waals surface area contributed by atoms with E-state index >= 15 is 0 Å². The van der Waals surface area contributed by atoms with Crippen molar-refractivity contribution >= 4 is 28.1 Å². The summed E-state index contributed by atoms with van der Waals surface area (Å²) < 4.78 is 5.56. The average molecular weight is 405 g/mol. The van der Waals surface area contributed by atoms with Crippen molar-refractivity contribution in [1.29, 1.82) is 0 Å². The highest BCUT2D eigenvalue weighted by molar-refractivity contribution is 7.14. The highest BCUT2D eigenvalue weighted by atomic mass is 32.1. The van der Waals surface area contributed by atoms with Crippen LogP contribution < -0.4 is 9.64 Å². The lowest BCUT2D eigenvalue weighted by atomic mass is 9.93. The summed E-state index contributed by atoms with van der Waals surface area (Å²) in [5.74, 6) is 0.694. The second kappa shape index (κ2) is 8.62. The minimum Gasteiger partial charge on any atom is -0.495 e. The summed E-state index contributed by atoms with van der Waals surface area (Å²) in [5, 5.41) is 2.68. The van der Waals surface area contributed by atoms with Gasteiger partial charge >= 0.3 is 0 Å². The molecule has 1 amide bonds. The van der Waals surface area contributed by atoms with Gasteiger partial charge in [0, 0.05) is 16.9 Å². The van der Waals surface area contributed by atoms with Gasteiger partial charge in [-0.3, -0.25) is 9.69 Å². The molecule has 0 fully saturated rings. The lowest BCUT2D eigenvalue weighted by Gasteiger charge is -2.27. The summed E-state index contributed by atoms with van der Waals surface area (Å²) in [6, 6.07) is 15.9. The van der Waals surface area contributed by atoms with Gasteiger partial charge in [-0.2, -0.15) is 0 Å². The van der Waals surface area contributed by atoms with Crippen molar-refractivity contribution in [2.45, 2.75) is 26.2 Å². The Labute approximate surface area is 175 Å². The number of allylic oxidation sites excluding steroid dienone is 2. The molecule has 0 unspecified atom stereocenters. The van der Waals surface area contributed by atoms with E-state index < -0.39 is 0 Å². The van der Waals surface area contributed by atoms with Crippen LogP contribution in [-0.2, 0) is 4.79 Å². The van der Waals surface area contributed by atoms with Gasteiger partial charge in [0.05, 0.1) is 18.5 Å². The number of thiazole rings is 1. The van der Waals surface area contributed by atoms with Gasteiger partial charge in [-0.05, 0) is 38.3 Å². The molecule has 1 heterocycles. The topological polar surface area (TPSA) is 42.4 Å². The number of aryl methyl sites for hydroxylation is 1. The fourth-order valence-electron chi connectivity index (χ4n) is 3.55. The second-order valence-corrected chi connectivity index (χ2v) is 8.04. The van der Waals surface area contributed by atoms with Crippen LogP contribution in [0.4, 0.5) is 10.8 Å². The molecular weight excluding hydrogens is 380 g/mol. The van der Waals surface area contributed by atoms with E-state index in [0.717, 1.165) is 36.2 Å². The van der Waals surface area contributed by atoms with E-state index in [2.05, 4.69) is 43.3 Å². The number of amides is 1. The van der Waals surface area contributed by atoms with Gasteiger partial charge in [-0.15, -0.1) is 11.3 Å². The Balaban J connectivity index is 1.75. The fraction of sp³-hybridized carbons (Fsp3) is 0.250. The minimum atomic E-state index is -0.0448. The number of ether oxygens (including phenoxy) is 1. The predicted octanol–water partition coefficient (Wildman–Crippen LogP) is 6.15. The SMILES string of the molecule is COc1ccccc1N(C(=O)[C@H]1CC=CCC1)c1nc(-c2ccc(C)cc2)cs1. The smallest absolute Gasteiger partial charge is 0.236 e. The fourth-order valence-corrected chi connectivity index (χ4v) is 4.41. The van der Waals surface area contributed by atoms with E-state index in [4.69, 9.17) is 9.72 Å². The number of nitrogens with zero attached hydrogens (tertiary/aromatic N) is 2. The molecule has 148 valence electrons. The number of carbonyl (C=O) groups excluding carboxylic acids is 1. The summed E-state index contributed by atoms with van der Waals surface area (Å²) >= 11 is 1.48. The number of rotatable bonds is 5. The zero-order valence-electron chi connectivity index (χ0n) is 16.7. The van der Waals surface area contributed by atoms with Crippen LogP contribution in [0.1, 0.15) is 24.8 Å². The molecule has 0 radical (unpaired) electrons. The van der Waals surface area contributed by atoms with Crippen LogP contribution in [0.2, 0.25) is 0 Å². The molecule has 4 rings (SSSR count). The minimum absolute atomic E-state index is 0.0448. The van der Waals surface area contributed by atoms with E-state index in [1.807, 2.05) is 29.6 Å². The van der Waals surface area contributed by atoms with Gasteiger partial charge in [0.25, 0.3) is 0 Å². The Kier molecular flexibility index (Phi) is 5.76. The third kappa shape index (κ3) is 4.10. The number of methoxy groups -OCH3 is 1. The molecule has 3 aromatic rings. The molecule has 5 heteroatoms. The number of anilines is 2. The summed E-state index contributed by atoms with van der Waals surface area (Å²) in [6.07, 6.45) is 6.81. The highest BCUT2D eigenvalue weighted by Gasteiger charge is 2.30. The number of hydrogen-bond acceptors (Lipinski definition) is 4. The van der Waals surface area contributed by atoms with E-state index in [9.17, 15) is 4.79 Å². The number of carbonyl (C=O) groups is 1. The Hall–Kier alpha value is -2.92. The molecule has 1 aliphatic rings. The van der Waals surface area contributed by atoms with E-state index in [-0.39, 0.29) is 11.8 Å². The monoisotopic (exact) mass is 404 g/mol. The van der Waals surface area contributed by atoms with Crippen molar-refractivity contribution in [1.82, 2.24) is 4.98 Å². The molecule has 0 saturated heterocycles. The second-order valence-electron chi connectivity index (χ2n) is 7.21. The largest absolute Gasteiger partial charge is 0.495 e. The maximum Gasteiger partial charge on any atom is 0.236 e. The lowest BCUT2D eigenvalue weighted by molar-refractivity contribution is -0.121. The predicted molar refractivity (Wildman–Crippen MR) is 119 cm³/mol. The maximum absolute atomic E-state index is 13.6. The van der Waals surface area contributed by atoms with Crippen molar-refractivity contribution in [2.75, 3.05) is 12.0 Å². The highest BCUT2D eigenvalue weighted by Crippen LogP contribution is 2.39. The Morgan fingerprint density at radius 1 is 1.14 bits per heavy atom. The van der Waals surface area contributed by atoms with Crippen LogP contribution in [-0.4, -0.2) is 18.0 Å². The normalized spacial score (nSPS) is 15.9. The molecule has 4 nitrogen and oxygen atoms in total. The molecule has 0 bridgehead atoms. The van der Waals surface area contributed by atoms with Crippen molar-refractivity contribution in [3.63, 3.8) is 0 Å². The first kappa shape index (κ1) is 19.4. The molecule has 1 atom stereocenters. The van der Waals surface area contributed by atoms with Crippen LogP contribution in [0.25, 0.3) is 11.3 Å². The Bertz CT molecular complexity index is 1020. The summed E-state index contributed by atoms with van der Waals surface area (Å²) in [5.41, 5.74) is 3.87. The number of benzene rings is 2. The first-order valence-electron chi connectivity index (χ1n) is 9.82. The Morgan fingerprint density at radius 3 is 2.66 bits per heavy atom. The van der Waals surface area contributed by atoms with Crippen LogP contribution in [0.15, 0.2) is 66.1 Å². The van der Waals surface area contributed by atoms with Gasteiger partial charge in [0.1, 0.15) is 5.75 Å². The molecule has 1 aromatic heterocycles.